The molecule has 22 heavy (non-hydrogen) atoms. The van der Waals surface area contributed by atoms with E-state index in [4.69, 9.17) is 11.6 Å². The van der Waals surface area contributed by atoms with E-state index < -0.39 is 0 Å². The molecule has 1 atom stereocenters. The molecule has 0 aliphatic carbocycles. The van der Waals surface area contributed by atoms with Crippen molar-refractivity contribution in [1.29, 1.82) is 0 Å². The van der Waals surface area contributed by atoms with E-state index in [1.54, 1.807) is 18.3 Å². The number of benzene rings is 1. The highest BCUT2D eigenvalue weighted by Gasteiger charge is 2.31. The minimum Gasteiger partial charge on any atom is -0.336 e. The highest BCUT2D eigenvalue weighted by Crippen LogP contribution is 2.27. The van der Waals surface area contributed by atoms with Crippen molar-refractivity contribution in [2.24, 2.45) is 7.05 Å². The van der Waals surface area contributed by atoms with E-state index in [0.29, 0.717) is 23.7 Å². The Kier molecular flexibility index (Phi) is 4.52. The van der Waals surface area contributed by atoms with Gasteiger partial charge < -0.3 is 14.8 Å². The van der Waals surface area contributed by atoms with Crippen LogP contribution in [0.3, 0.4) is 0 Å². The van der Waals surface area contributed by atoms with Crippen LogP contribution in [0.1, 0.15) is 22.2 Å². The summed E-state index contributed by atoms with van der Waals surface area (Å²) in [6.45, 7) is 2.07. The van der Waals surface area contributed by atoms with Gasteiger partial charge in [0.2, 0.25) is 0 Å². The van der Waals surface area contributed by atoms with Gasteiger partial charge in [-0.2, -0.15) is 0 Å². The third kappa shape index (κ3) is 2.91. The SMILES string of the molecule is Cn1ccnc1C1CNCCN1C(=O)c1cc(Br)ccc1Cl. The summed E-state index contributed by atoms with van der Waals surface area (Å²) in [6, 6.07) is 5.22. The molecule has 0 saturated carbocycles. The van der Waals surface area contributed by atoms with Crippen LogP contribution in [0.4, 0.5) is 0 Å². The van der Waals surface area contributed by atoms with Crippen molar-refractivity contribution < 1.29 is 4.79 Å². The number of halogens is 2. The van der Waals surface area contributed by atoms with E-state index in [9.17, 15) is 4.79 Å². The van der Waals surface area contributed by atoms with Crippen molar-refractivity contribution in [2.45, 2.75) is 6.04 Å². The van der Waals surface area contributed by atoms with Crippen molar-refractivity contribution in [3.63, 3.8) is 0 Å². The van der Waals surface area contributed by atoms with Gasteiger partial charge in [-0.05, 0) is 18.2 Å². The van der Waals surface area contributed by atoms with E-state index in [0.717, 1.165) is 16.8 Å². The number of imidazole rings is 1. The number of carbonyl (C=O) groups excluding carboxylic acids is 1. The average molecular weight is 384 g/mol. The summed E-state index contributed by atoms with van der Waals surface area (Å²) in [4.78, 5) is 19.2. The third-order valence-corrected chi connectivity index (χ3v) is 4.64. The first-order valence-corrected chi connectivity index (χ1v) is 8.19. The molecule has 1 aliphatic rings. The van der Waals surface area contributed by atoms with Crippen molar-refractivity contribution in [3.05, 3.63) is 51.5 Å². The average Bonchev–Trinajstić information content (AvgIpc) is 2.95. The summed E-state index contributed by atoms with van der Waals surface area (Å²) in [7, 11) is 1.94. The van der Waals surface area contributed by atoms with Gasteiger partial charge in [0.1, 0.15) is 11.9 Å². The van der Waals surface area contributed by atoms with Crippen LogP contribution in [-0.2, 0) is 7.05 Å². The molecule has 0 spiro atoms. The Morgan fingerprint density at radius 2 is 2.32 bits per heavy atom. The van der Waals surface area contributed by atoms with E-state index in [2.05, 4.69) is 26.2 Å². The molecule has 1 aliphatic heterocycles. The number of aromatic nitrogens is 2. The number of rotatable bonds is 2. The first kappa shape index (κ1) is 15.5. The highest BCUT2D eigenvalue weighted by atomic mass is 79.9. The highest BCUT2D eigenvalue weighted by molar-refractivity contribution is 9.10. The molecule has 5 nitrogen and oxygen atoms in total. The smallest absolute Gasteiger partial charge is 0.256 e. The second kappa shape index (κ2) is 6.40. The number of piperazine rings is 1. The minimum absolute atomic E-state index is 0.0687. The number of hydrogen-bond acceptors (Lipinski definition) is 3. The zero-order valence-electron chi connectivity index (χ0n) is 12.1. The van der Waals surface area contributed by atoms with Crippen LogP contribution >= 0.6 is 27.5 Å². The molecule has 1 N–H and O–H groups in total. The Bertz CT molecular complexity index is 703. The molecule has 3 rings (SSSR count). The summed E-state index contributed by atoms with van der Waals surface area (Å²) >= 11 is 9.61. The molecular formula is C15H16BrClN4O. The van der Waals surface area contributed by atoms with Gasteiger partial charge in [0.25, 0.3) is 5.91 Å². The summed E-state index contributed by atoms with van der Waals surface area (Å²) in [5.74, 6) is 0.799. The third-order valence-electron chi connectivity index (χ3n) is 3.82. The van der Waals surface area contributed by atoms with Gasteiger partial charge in [-0.25, -0.2) is 4.98 Å². The van der Waals surface area contributed by atoms with E-state index in [1.807, 2.05) is 28.8 Å². The van der Waals surface area contributed by atoms with Gasteiger partial charge >= 0.3 is 0 Å². The van der Waals surface area contributed by atoms with Gasteiger partial charge in [0, 0.05) is 43.5 Å². The lowest BCUT2D eigenvalue weighted by atomic mass is 10.1. The zero-order chi connectivity index (χ0) is 15.7. The van der Waals surface area contributed by atoms with Gasteiger partial charge in [0.05, 0.1) is 10.6 Å². The Morgan fingerprint density at radius 3 is 3.05 bits per heavy atom. The fourth-order valence-electron chi connectivity index (χ4n) is 2.69. The van der Waals surface area contributed by atoms with Crippen molar-refractivity contribution >= 4 is 33.4 Å². The lowest BCUT2D eigenvalue weighted by Gasteiger charge is -2.36. The molecule has 1 unspecified atom stereocenters. The maximum Gasteiger partial charge on any atom is 0.256 e. The lowest BCUT2D eigenvalue weighted by molar-refractivity contribution is 0.0621. The van der Waals surface area contributed by atoms with Crippen LogP contribution in [0.25, 0.3) is 0 Å². The number of nitrogens with zero attached hydrogens (tertiary/aromatic N) is 3. The molecule has 2 heterocycles. The second-order valence-corrected chi connectivity index (χ2v) is 6.56. The summed E-state index contributed by atoms with van der Waals surface area (Å²) in [6.07, 6.45) is 3.64. The molecule has 116 valence electrons. The summed E-state index contributed by atoms with van der Waals surface area (Å²) in [5, 5.41) is 3.79. The summed E-state index contributed by atoms with van der Waals surface area (Å²) in [5.41, 5.74) is 0.511. The Morgan fingerprint density at radius 1 is 1.50 bits per heavy atom. The lowest BCUT2D eigenvalue weighted by Crippen LogP contribution is -2.49. The van der Waals surface area contributed by atoms with Gasteiger partial charge in [-0.1, -0.05) is 27.5 Å². The topological polar surface area (TPSA) is 50.2 Å². The molecule has 1 saturated heterocycles. The van der Waals surface area contributed by atoms with E-state index >= 15 is 0 Å². The fraction of sp³-hybridized carbons (Fsp3) is 0.333. The molecule has 2 aromatic rings. The fourth-order valence-corrected chi connectivity index (χ4v) is 3.25. The number of nitrogens with one attached hydrogen (secondary N) is 1. The largest absolute Gasteiger partial charge is 0.336 e. The van der Waals surface area contributed by atoms with Crippen molar-refractivity contribution in [3.8, 4) is 0 Å². The van der Waals surface area contributed by atoms with Gasteiger partial charge in [-0.3, -0.25) is 4.79 Å². The normalized spacial score (nSPS) is 18.5. The maximum atomic E-state index is 12.9. The first-order valence-electron chi connectivity index (χ1n) is 7.02. The predicted molar refractivity (Wildman–Crippen MR) is 89.0 cm³/mol. The molecule has 7 heteroatoms. The van der Waals surface area contributed by atoms with Crippen LogP contribution in [0.2, 0.25) is 5.02 Å². The molecule has 0 radical (unpaired) electrons. The molecular weight excluding hydrogens is 368 g/mol. The monoisotopic (exact) mass is 382 g/mol. The first-order chi connectivity index (χ1) is 10.6. The number of carbonyl (C=O) groups is 1. The van der Waals surface area contributed by atoms with Crippen LogP contribution in [0.5, 0.6) is 0 Å². The zero-order valence-corrected chi connectivity index (χ0v) is 14.4. The Balaban J connectivity index is 1.95. The summed E-state index contributed by atoms with van der Waals surface area (Å²) < 4.78 is 2.78. The van der Waals surface area contributed by atoms with Gasteiger partial charge in [0.15, 0.2) is 0 Å². The number of amides is 1. The van der Waals surface area contributed by atoms with Crippen LogP contribution in [0.15, 0.2) is 35.1 Å². The Hall–Kier alpha value is -1.37. The number of hydrogen-bond donors (Lipinski definition) is 1. The van der Waals surface area contributed by atoms with Crippen LogP contribution < -0.4 is 5.32 Å². The van der Waals surface area contributed by atoms with Crippen LogP contribution in [-0.4, -0.2) is 40.0 Å². The Labute approximate surface area is 142 Å². The van der Waals surface area contributed by atoms with E-state index in [-0.39, 0.29) is 11.9 Å². The standard InChI is InChI=1S/C15H16BrClN4O/c1-20-6-5-19-14(20)13-9-18-4-7-21(13)15(22)11-8-10(16)2-3-12(11)17/h2-3,5-6,8,13,18H,4,7,9H2,1H3. The van der Waals surface area contributed by atoms with E-state index in [1.165, 1.54) is 0 Å². The molecule has 0 bridgehead atoms. The molecule has 1 amide bonds. The molecule has 1 fully saturated rings. The molecule has 1 aromatic carbocycles. The van der Waals surface area contributed by atoms with Gasteiger partial charge in [-0.15, -0.1) is 0 Å². The molecule has 1 aromatic heterocycles. The quantitative estimate of drug-likeness (QED) is 0.867. The second-order valence-electron chi connectivity index (χ2n) is 5.24. The number of aryl methyl sites for hydroxylation is 1. The van der Waals surface area contributed by atoms with Crippen LogP contribution in [0, 0.1) is 0 Å². The minimum atomic E-state index is -0.101. The predicted octanol–water partition coefficient (Wildman–Crippen LogP) is 2.62. The van der Waals surface area contributed by atoms with Crippen molar-refractivity contribution in [2.75, 3.05) is 19.6 Å². The van der Waals surface area contributed by atoms with Crippen molar-refractivity contribution in [1.82, 2.24) is 19.8 Å². The maximum absolute atomic E-state index is 12.9.